The van der Waals surface area contributed by atoms with Crippen LogP contribution in [0, 0.1) is 0 Å². The number of nitrogens with one attached hydrogen (secondary N) is 1. The Labute approximate surface area is 162 Å². The summed E-state index contributed by atoms with van der Waals surface area (Å²) < 4.78 is 26.3. The summed E-state index contributed by atoms with van der Waals surface area (Å²) in [5.74, 6) is -3.11. The van der Waals surface area contributed by atoms with Gasteiger partial charge in [0.05, 0.1) is 10.5 Å². The zero-order valence-corrected chi connectivity index (χ0v) is 15.3. The third-order valence-electron chi connectivity index (χ3n) is 3.58. The number of ketones is 1. The van der Waals surface area contributed by atoms with Crippen molar-refractivity contribution in [2.45, 2.75) is 4.90 Å². The number of aliphatic hydroxyl groups is 1. The van der Waals surface area contributed by atoms with Crippen LogP contribution in [0.2, 0.25) is 5.02 Å². The van der Waals surface area contributed by atoms with Gasteiger partial charge in [0.25, 0.3) is 10.0 Å². The number of aromatic nitrogens is 4. The highest BCUT2D eigenvalue weighted by atomic mass is 35.5. The minimum atomic E-state index is -4.31. The van der Waals surface area contributed by atoms with Crippen LogP contribution in [-0.2, 0) is 10.0 Å². The second-order valence-corrected chi connectivity index (χ2v) is 7.65. The molecule has 0 saturated carbocycles. The van der Waals surface area contributed by atoms with Crippen molar-refractivity contribution in [1.82, 2.24) is 19.2 Å². The highest BCUT2D eigenvalue weighted by Gasteiger charge is 2.26. The molecule has 0 saturated heterocycles. The van der Waals surface area contributed by atoms with E-state index >= 15 is 0 Å². The first-order valence-corrected chi connectivity index (χ1v) is 9.29. The standard InChI is InChI=1S/C16H11ClN4O6S/c17-10-1-3-11(4-2-10)28(26,27)21-7-9(16(24)25)5-12(21)13(22)6-14(23)15-18-8-19-20-15/h1-8,23H,(H,24,25)(H,18,19,20). The van der Waals surface area contributed by atoms with Crippen molar-refractivity contribution in [1.29, 1.82) is 0 Å². The smallest absolute Gasteiger partial charge is 0.337 e. The third kappa shape index (κ3) is 3.66. The normalized spacial score (nSPS) is 12.1. The minimum absolute atomic E-state index is 0.120. The number of carboxylic acids is 1. The Morgan fingerprint density at radius 1 is 1.18 bits per heavy atom. The van der Waals surface area contributed by atoms with Gasteiger partial charge in [-0.05, 0) is 30.3 Å². The Kier molecular flexibility index (Phi) is 5.03. The molecule has 0 aliphatic carbocycles. The van der Waals surface area contributed by atoms with Gasteiger partial charge in [-0.3, -0.25) is 9.89 Å². The van der Waals surface area contributed by atoms with Crippen LogP contribution in [0.1, 0.15) is 26.7 Å². The van der Waals surface area contributed by atoms with Gasteiger partial charge < -0.3 is 10.2 Å². The number of halogens is 1. The van der Waals surface area contributed by atoms with E-state index < -0.39 is 38.8 Å². The molecule has 12 heteroatoms. The van der Waals surface area contributed by atoms with Crippen LogP contribution >= 0.6 is 11.6 Å². The van der Waals surface area contributed by atoms with E-state index in [-0.39, 0.29) is 10.7 Å². The molecule has 2 heterocycles. The van der Waals surface area contributed by atoms with Crippen LogP contribution in [0.25, 0.3) is 5.76 Å². The van der Waals surface area contributed by atoms with E-state index in [0.29, 0.717) is 15.1 Å². The summed E-state index contributed by atoms with van der Waals surface area (Å²) in [5, 5.41) is 25.2. The van der Waals surface area contributed by atoms with Crippen molar-refractivity contribution in [2.24, 2.45) is 0 Å². The second-order valence-electron chi connectivity index (χ2n) is 5.40. The molecule has 0 bridgehead atoms. The van der Waals surface area contributed by atoms with Crippen molar-refractivity contribution < 1.29 is 28.2 Å². The number of aromatic amines is 1. The lowest BCUT2D eigenvalue weighted by atomic mass is 10.2. The van der Waals surface area contributed by atoms with E-state index in [1.54, 1.807) is 0 Å². The highest BCUT2D eigenvalue weighted by molar-refractivity contribution is 7.90. The Morgan fingerprint density at radius 2 is 1.86 bits per heavy atom. The molecule has 0 atom stereocenters. The molecule has 0 spiro atoms. The van der Waals surface area contributed by atoms with Crippen molar-refractivity contribution in [3.05, 3.63) is 71.0 Å². The highest BCUT2D eigenvalue weighted by Crippen LogP contribution is 2.22. The van der Waals surface area contributed by atoms with Gasteiger partial charge in [-0.1, -0.05) is 11.6 Å². The maximum atomic E-state index is 12.9. The van der Waals surface area contributed by atoms with Crippen molar-refractivity contribution >= 4 is 39.1 Å². The fraction of sp³-hybridized carbons (Fsp3) is 0. The molecule has 3 N–H and O–H groups in total. The van der Waals surface area contributed by atoms with Crippen LogP contribution in [0.15, 0.2) is 53.8 Å². The van der Waals surface area contributed by atoms with Crippen LogP contribution in [0.5, 0.6) is 0 Å². The molecule has 0 fully saturated rings. The third-order valence-corrected chi connectivity index (χ3v) is 5.52. The van der Waals surface area contributed by atoms with E-state index in [0.717, 1.165) is 18.6 Å². The van der Waals surface area contributed by atoms with Gasteiger partial charge in [0.1, 0.15) is 12.0 Å². The number of carbonyl (C=O) groups is 2. The molecule has 2 aromatic heterocycles. The lowest BCUT2D eigenvalue weighted by Gasteiger charge is -2.09. The van der Waals surface area contributed by atoms with Gasteiger partial charge in [-0.15, -0.1) is 0 Å². The molecular weight excluding hydrogens is 412 g/mol. The monoisotopic (exact) mass is 422 g/mol. The maximum Gasteiger partial charge on any atom is 0.337 e. The Balaban J connectivity index is 2.12. The summed E-state index contributed by atoms with van der Waals surface area (Å²) in [6, 6.07) is 6.01. The number of aromatic carboxylic acids is 1. The van der Waals surface area contributed by atoms with Crippen LogP contribution in [0.4, 0.5) is 0 Å². The average molecular weight is 423 g/mol. The lowest BCUT2D eigenvalue weighted by molar-refractivity contribution is 0.0697. The zero-order chi connectivity index (χ0) is 20.5. The summed E-state index contributed by atoms with van der Waals surface area (Å²) in [4.78, 5) is 27.3. The summed E-state index contributed by atoms with van der Waals surface area (Å²) in [6.07, 6.45) is 2.61. The zero-order valence-electron chi connectivity index (χ0n) is 13.8. The predicted molar refractivity (Wildman–Crippen MR) is 96.7 cm³/mol. The summed E-state index contributed by atoms with van der Waals surface area (Å²) in [7, 11) is -4.31. The fourth-order valence-electron chi connectivity index (χ4n) is 2.26. The van der Waals surface area contributed by atoms with Crippen LogP contribution in [0.3, 0.4) is 0 Å². The number of allylic oxidation sites excluding steroid dienone is 1. The fourth-order valence-corrected chi connectivity index (χ4v) is 3.74. The molecule has 144 valence electrons. The average Bonchev–Trinajstić information content (AvgIpc) is 3.32. The van der Waals surface area contributed by atoms with E-state index in [4.69, 9.17) is 11.6 Å². The molecule has 1 aromatic carbocycles. The topological polar surface area (TPSA) is 155 Å². The number of carboxylic acid groups (broad SMARTS) is 1. The molecule has 3 aromatic rings. The van der Waals surface area contributed by atoms with Crippen molar-refractivity contribution in [3.8, 4) is 0 Å². The molecule has 3 rings (SSSR count). The van der Waals surface area contributed by atoms with Gasteiger partial charge in [0.2, 0.25) is 5.78 Å². The quantitative estimate of drug-likeness (QED) is 0.309. The number of hydrogen-bond donors (Lipinski definition) is 3. The van der Waals surface area contributed by atoms with E-state index in [2.05, 4.69) is 15.2 Å². The van der Waals surface area contributed by atoms with E-state index in [1.165, 1.54) is 24.3 Å². The first-order valence-electron chi connectivity index (χ1n) is 7.47. The Bertz CT molecular complexity index is 1180. The van der Waals surface area contributed by atoms with E-state index in [9.17, 15) is 28.2 Å². The maximum absolute atomic E-state index is 12.9. The number of benzene rings is 1. The van der Waals surface area contributed by atoms with Crippen LogP contribution in [-0.4, -0.2) is 49.5 Å². The Hall–Kier alpha value is -3.44. The summed E-state index contributed by atoms with van der Waals surface area (Å²) in [5.41, 5.74) is -0.910. The molecule has 0 radical (unpaired) electrons. The number of rotatable bonds is 6. The number of aliphatic hydroxyl groups excluding tert-OH is 1. The number of hydrogen-bond acceptors (Lipinski definition) is 7. The molecule has 0 aliphatic rings. The Morgan fingerprint density at radius 3 is 2.43 bits per heavy atom. The molecule has 28 heavy (non-hydrogen) atoms. The van der Waals surface area contributed by atoms with Gasteiger partial charge >= 0.3 is 5.97 Å². The summed E-state index contributed by atoms with van der Waals surface area (Å²) in [6.45, 7) is 0. The molecule has 10 nitrogen and oxygen atoms in total. The lowest BCUT2D eigenvalue weighted by Crippen LogP contribution is -2.17. The van der Waals surface area contributed by atoms with Gasteiger partial charge in [0.15, 0.2) is 11.6 Å². The second kappa shape index (κ2) is 7.29. The van der Waals surface area contributed by atoms with Crippen LogP contribution < -0.4 is 0 Å². The van der Waals surface area contributed by atoms with Crippen molar-refractivity contribution in [3.63, 3.8) is 0 Å². The van der Waals surface area contributed by atoms with Gasteiger partial charge in [-0.25, -0.2) is 22.2 Å². The first-order chi connectivity index (χ1) is 13.2. The first kappa shape index (κ1) is 19.3. The van der Waals surface area contributed by atoms with E-state index in [1.807, 2.05) is 0 Å². The van der Waals surface area contributed by atoms with Gasteiger partial charge in [-0.2, -0.15) is 5.10 Å². The number of nitrogens with zero attached hydrogens (tertiary/aromatic N) is 3. The SMILES string of the molecule is O=C(O)c1cc(C(=O)C=C(O)c2ncn[nH]2)n(S(=O)(=O)c2ccc(Cl)cc2)c1. The molecular formula is C16H11ClN4O6S. The largest absolute Gasteiger partial charge is 0.504 e. The predicted octanol–water partition coefficient (Wildman–Crippen LogP) is 1.98. The molecule has 0 aliphatic heterocycles. The van der Waals surface area contributed by atoms with Crippen molar-refractivity contribution in [2.75, 3.05) is 0 Å². The minimum Gasteiger partial charge on any atom is -0.504 e. The molecule has 0 amide bonds. The number of carbonyl (C=O) groups excluding carboxylic acids is 1. The number of H-pyrrole nitrogens is 1. The molecule has 0 unspecified atom stereocenters. The van der Waals surface area contributed by atoms with Gasteiger partial charge in [0, 0.05) is 17.3 Å². The summed E-state index contributed by atoms with van der Waals surface area (Å²) >= 11 is 5.76.